The van der Waals surface area contributed by atoms with Crippen LogP contribution in [0.15, 0.2) is 18.2 Å². The molecular formula is C18H28N2O4S. The molecule has 7 heteroatoms. The molecule has 1 N–H and O–H groups in total. The fourth-order valence-corrected chi connectivity index (χ4v) is 3.99. The highest BCUT2D eigenvalue weighted by atomic mass is 32.2. The fraction of sp³-hybridized carbons (Fsp3) is 0.611. The van der Waals surface area contributed by atoms with Crippen LogP contribution in [-0.4, -0.2) is 46.4 Å². The van der Waals surface area contributed by atoms with Crippen molar-refractivity contribution in [2.24, 2.45) is 0 Å². The summed E-state index contributed by atoms with van der Waals surface area (Å²) in [7, 11) is -3.40. The molecule has 25 heavy (non-hydrogen) atoms. The van der Waals surface area contributed by atoms with Gasteiger partial charge in [-0.05, 0) is 50.3 Å². The van der Waals surface area contributed by atoms with Crippen LogP contribution in [0.3, 0.4) is 0 Å². The number of hydrogen-bond acceptors (Lipinski definition) is 4. The third kappa shape index (κ3) is 5.71. The molecule has 1 aliphatic heterocycles. The molecule has 1 aliphatic rings. The Balaban J connectivity index is 1.90. The maximum absolute atomic E-state index is 12.2. The third-order valence-electron chi connectivity index (χ3n) is 4.56. The van der Waals surface area contributed by atoms with Gasteiger partial charge in [0.1, 0.15) is 0 Å². The molecule has 2 rings (SSSR count). The van der Waals surface area contributed by atoms with Crippen LogP contribution < -0.4 is 9.62 Å². The van der Waals surface area contributed by atoms with E-state index in [1.807, 2.05) is 26.0 Å². The van der Waals surface area contributed by atoms with Gasteiger partial charge in [-0.25, -0.2) is 8.42 Å². The van der Waals surface area contributed by atoms with E-state index in [0.717, 1.165) is 30.6 Å². The minimum absolute atomic E-state index is 0.0649. The molecule has 1 amide bonds. The highest BCUT2D eigenvalue weighted by Crippen LogP contribution is 2.25. The lowest BCUT2D eigenvalue weighted by Crippen LogP contribution is -2.34. The molecular weight excluding hydrogens is 340 g/mol. The van der Waals surface area contributed by atoms with Crippen molar-refractivity contribution in [3.63, 3.8) is 0 Å². The van der Waals surface area contributed by atoms with Crippen LogP contribution in [0.2, 0.25) is 0 Å². The van der Waals surface area contributed by atoms with Crippen LogP contribution in [-0.2, 0) is 19.6 Å². The molecule has 1 fully saturated rings. The second-order valence-electron chi connectivity index (χ2n) is 6.60. The van der Waals surface area contributed by atoms with E-state index < -0.39 is 10.0 Å². The average molecular weight is 368 g/mol. The first-order chi connectivity index (χ1) is 11.8. The number of ether oxygens (including phenoxy) is 1. The van der Waals surface area contributed by atoms with E-state index in [1.165, 1.54) is 10.6 Å². The molecule has 0 radical (unpaired) electrons. The van der Waals surface area contributed by atoms with Gasteiger partial charge < -0.3 is 10.1 Å². The van der Waals surface area contributed by atoms with E-state index in [-0.39, 0.29) is 18.6 Å². The van der Waals surface area contributed by atoms with Gasteiger partial charge in [0.05, 0.1) is 18.0 Å². The zero-order valence-corrected chi connectivity index (χ0v) is 16.1. The molecule has 0 aromatic heterocycles. The van der Waals surface area contributed by atoms with Crippen molar-refractivity contribution in [2.75, 3.05) is 30.3 Å². The minimum Gasteiger partial charge on any atom is -0.376 e. The van der Waals surface area contributed by atoms with Crippen molar-refractivity contribution in [1.82, 2.24) is 5.32 Å². The van der Waals surface area contributed by atoms with Gasteiger partial charge in [-0.1, -0.05) is 12.1 Å². The Morgan fingerprint density at radius 2 is 2.12 bits per heavy atom. The summed E-state index contributed by atoms with van der Waals surface area (Å²) in [5, 5.41) is 2.87. The second kappa shape index (κ2) is 8.67. The number of hydrogen-bond donors (Lipinski definition) is 1. The zero-order chi connectivity index (χ0) is 18.4. The van der Waals surface area contributed by atoms with Crippen molar-refractivity contribution in [2.45, 2.75) is 45.6 Å². The Labute approximate surface area is 150 Å². The van der Waals surface area contributed by atoms with Crippen molar-refractivity contribution < 1.29 is 17.9 Å². The van der Waals surface area contributed by atoms with Gasteiger partial charge in [0.15, 0.2) is 0 Å². The molecule has 0 unspecified atom stereocenters. The van der Waals surface area contributed by atoms with Gasteiger partial charge in [-0.3, -0.25) is 9.10 Å². The van der Waals surface area contributed by atoms with Gasteiger partial charge >= 0.3 is 0 Å². The molecule has 0 saturated carbocycles. The van der Waals surface area contributed by atoms with Crippen LogP contribution in [0, 0.1) is 13.8 Å². The summed E-state index contributed by atoms with van der Waals surface area (Å²) in [6, 6.07) is 5.61. The zero-order valence-electron chi connectivity index (χ0n) is 15.2. The molecule has 140 valence electrons. The lowest BCUT2D eigenvalue weighted by atomic mass is 10.1. The molecule has 0 spiro atoms. The van der Waals surface area contributed by atoms with Crippen LogP contribution >= 0.6 is 0 Å². The molecule has 6 nitrogen and oxygen atoms in total. The Kier molecular flexibility index (Phi) is 6.84. The summed E-state index contributed by atoms with van der Waals surface area (Å²) in [4.78, 5) is 12.0. The average Bonchev–Trinajstić information content (AvgIpc) is 3.05. The van der Waals surface area contributed by atoms with Gasteiger partial charge in [0, 0.05) is 26.1 Å². The quantitative estimate of drug-likeness (QED) is 0.763. The minimum atomic E-state index is -3.40. The number of carbonyl (C=O) groups is 1. The maximum Gasteiger partial charge on any atom is 0.232 e. The van der Waals surface area contributed by atoms with Crippen LogP contribution in [0.5, 0.6) is 0 Å². The lowest BCUT2D eigenvalue weighted by Gasteiger charge is -2.25. The highest BCUT2D eigenvalue weighted by Gasteiger charge is 2.20. The molecule has 0 aliphatic carbocycles. The van der Waals surface area contributed by atoms with E-state index in [0.29, 0.717) is 25.1 Å². The van der Waals surface area contributed by atoms with Gasteiger partial charge in [-0.15, -0.1) is 0 Å². The van der Waals surface area contributed by atoms with E-state index in [4.69, 9.17) is 4.74 Å². The number of sulfonamides is 1. The van der Waals surface area contributed by atoms with Crippen molar-refractivity contribution in [3.05, 3.63) is 29.3 Å². The Morgan fingerprint density at radius 1 is 1.36 bits per heavy atom. The number of aryl methyl sites for hydroxylation is 1. The molecule has 1 saturated heterocycles. The summed E-state index contributed by atoms with van der Waals surface area (Å²) < 4.78 is 31.2. The second-order valence-corrected chi connectivity index (χ2v) is 8.50. The van der Waals surface area contributed by atoms with Crippen molar-refractivity contribution in [3.8, 4) is 0 Å². The summed E-state index contributed by atoms with van der Waals surface area (Å²) in [5.41, 5.74) is 2.67. The summed E-state index contributed by atoms with van der Waals surface area (Å²) in [5.74, 6) is -0.0649. The van der Waals surface area contributed by atoms with Gasteiger partial charge in [-0.2, -0.15) is 0 Å². The number of anilines is 1. The van der Waals surface area contributed by atoms with Crippen LogP contribution in [0.1, 0.15) is 36.8 Å². The fourth-order valence-electron chi connectivity index (χ4n) is 2.98. The number of rotatable bonds is 8. The smallest absolute Gasteiger partial charge is 0.232 e. The Morgan fingerprint density at radius 3 is 2.76 bits per heavy atom. The third-order valence-corrected chi connectivity index (χ3v) is 5.74. The monoisotopic (exact) mass is 368 g/mol. The van der Waals surface area contributed by atoms with E-state index in [1.54, 1.807) is 6.07 Å². The number of nitrogens with one attached hydrogen (secondary N) is 1. The maximum atomic E-state index is 12.2. The summed E-state index contributed by atoms with van der Waals surface area (Å²) >= 11 is 0. The van der Waals surface area contributed by atoms with E-state index >= 15 is 0 Å². The first kappa shape index (κ1) is 19.7. The summed E-state index contributed by atoms with van der Waals surface area (Å²) in [6.45, 7) is 5.46. The number of nitrogens with zero attached hydrogens (tertiary/aromatic N) is 1. The molecule has 1 heterocycles. The van der Waals surface area contributed by atoms with Crippen LogP contribution in [0.25, 0.3) is 0 Å². The normalized spacial score (nSPS) is 17.5. The van der Waals surface area contributed by atoms with Crippen molar-refractivity contribution >= 4 is 21.6 Å². The van der Waals surface area contributed by atoms with E-state index in [2.05, 4.69) is 5.32 Å². The van der Waals surface area contributed by atoms with Crippen molar-refractivity contribution in [1.29, 1.82) is 0 Å². The predicted molar refractivity (Wildman–Crippen MR) is 99.3 cm³/mol. The largest absolute Gasteiger partial charge is 0.376 e. The first-order valence-electron chi connectivity index (χ1n) is 8.71. The SMILES string of the molecule is Cc1cccc(N(CCCC(=O)NC[C@@H]2CCCO2)S(C)(=O)=O)c1C. The molecule has 1 aromatic rings. The molecule has 1 atom stereocenters. The number of amides is 1. The summed E-state index contributed by atoms with van der Waals surface area (Å²) in [6.07, 6.45) is 4.11. The molecule has 0 bridgehead atoms. The Hall–Kier alpha value is -1.60. The van der Waals surface area contributed by atoms with E-state index in [9.17, 15) is 13.2 Å². The molecule has 1 aromatic carbocycles. The highest BCUT2D eigenvalue weighted by molar-refractivity contribution is 7.92. The van der Waals surface area contributed by atoms with Gasteiger partial charge in [0.2, 0.25) is 15.9 Å². The topological polar surface area (TPSA) is 75.7 Å². The first-order valence-corrected chi connectivity index (χ1v) is 10.6. The standard InChI is InChI=1S/C18H28N2O4S/c1-14-7-4-9-17(15(14)2)20(25(3,22)23)11-5-10-18(21)19-13-16-8-6-12-24-16/h4,7,9,16H,5-6,8,10-13H2,1-3H3,(H,19,21)/t16-/m0/s1. The number of benzene rings is 1. The Bertz CT molecular complexity index is 697. The lowest BCUT2D eigenvalue weighted by molar-refractivity contribution is -0.121. The van der Waals surface area contributed by atoms with Crippen LogP contribution in [0.4, 0.5) is 5.69 Å². The van der Waals surface area contributed by atoms with Gasteiger partial charge in [0.25, 0.3) is 0 Å². The number of carbonyl (C=O) groups excluding carboxylic acids is 1. The predicted octanol–water partition coefficient (Wildman–Crippen LogP) is 2.14.